The number of carbonyl (C=O) groups excluding carboxylic acids is 1. The van der Waals surface area contributed by atoms with E-state index in [2.05, 4.69) is 0 Å². The number of nitrogens with two attached hydrogens (primary N) is 1. The van der Waals surface area contributed by atoms with E-state index >= 15 is 0 Å². The van der Waals surface area contributed by atoms with Crippen molar-refractivity contribution in [2.75, 3.05) is 6.61 Å². The van der Waals surface area contributed by atoms with E-state index < -0.39 is 23.2 Å². The Hall–Kier alpha value is -3.22. The van der Waals surface area contributed by atoms with Crippen molar-refractivity contribution in [2.24, 2.45) is 5.73 Å². The van der Waals surface area contributed by atoms with Crippen molar-refractivity contribution in [1.29, 1.82) is 0 Å². The van der Waals surface area contributed by atoms with E-state index in [1.807, 2.05) is 0 Å². The Labute approximate surface area is 134 Å². The number of hydrogen-bond donors (Lipinski definition) is 1. The molecule has 5 nitrogen and oxygen atoms in total. The predicted octanol–water partition coefficient (Wildman–Crippen LogP) is 2.60. The van der Waals surface area contributed by atoms with E-state index in [9.17, 15) is 18.4 Å². The highest BCUT2D eigenvalue weighted by molar-refractivity contribution is 5.83. The van der Waals surface area contributed by atoms with Gasteiger partial charge in [0.25, 0.3) is 5.91 Å². The third kappa shape index (κ3) is 3.24. The molecule has 0 unspecified atom stereocenters. The highest BCUT2D eigenvalue weighted by Gasteiger charge is 2.11. The SMILES string of the molecule is NC(=O)COc1ccc2cc(-c3cc(F)cc(F)c3)c(=O)oc2c1. The molecule has 0 saturated heterocycles. The summed E-state index contributed by atoms with van der Waals surface area (Å²) in [6.45, 7) is -0.309. The van der Waals surface area contributed by atoms with Crippen molar-refractivity contribution in [1.82, 2.24) is 0 Å². The fourth-order valence-corrected chi connectivity index (χ4v) is 2.25. The van der Waals surface area contributed by atoms with Gasteiger partial charge in [-0.1, -0.05) is 0 Å². The fourth-order valence-electron chi connectivity index (χ4n) is 2.25. The van der Waals surface area contributed by atoms with Crippen molar-refractivity contribution in [3.8, 4) is 16.9 Å². The molecule has 2 aromatic carbocycles. The molecule has 1 heterocycles. The predicted molar refractivity (Wildman–Crippen MR) is 82.5 cm³/mol. The van der Waals surface area contributed by atoms with Gasteiger partial charge in [-0.3, -0.25) is 4.79 Å². The lowest BCUT2D eigenvalue weighted by atomic mass is 10.1. The molecule has 1 amide bonds. The zero-order valence-electron chi connectivity index (χ0n) is 12.2. The van der Waals surface area contributed by atoms with Crippen LogP contribution in [0.5, 0.6) is 5.75 Å². The molecule has 0 saturated carbocycles. The number of carbonyl (C=O) groups is 1. The van der Waals surface area contributed by atoms with Crippen LogP contribution in [0, 0.1) is 11.6 Å². The van der Waals surface area contributed by atoms with Gasteiger partial charge in [-0.2, -0.15) is 0 Å². The first kappa shape index (κ1) is 15.7. The van der Waals surface area contributed by atoms with Crippen LogP contribution in [-0.4, -0.2) is 12.5 Å². The number of hydrogen-bond acceptors (Lipinski definition) is 4. The van der Waals surface area contributed by atoms with Crippen LogP contribution in [-0.2, 0) is 4.79 Å². The summed E-state index contributed by atoms with van der Waals surface area (Å²) < 4.78 is 37.0. The summed E-state index contributed by atoms with van der Waals surface area (Å²) in [5, 5.41) is 0.528. The van der Waals surface area contributed by atoms with Crippen molar-refractivity contribution in [3.05, 3.63) is 64.5 Å². The molecule has 0 aliphatic heterocycles. The molecule has 0 radical (unpaired) electrons. The molecule has 0 aliphatic carbocycles. The van der Waals surface area contributed by atoms with E-state index in [0.717, 1.165) is 12.1 Å². The molecule has 3 rings (SSSR count). The first-order valence-corrected chi connectivity index (χ1v) is 6.88. The lowest BCUT2D eigenvalue weighted by molar-refractivity contribution is -0.119. The average molecular weight is 331 g/mol. The van der Waals surface area contributed by atoms with Gasteiger partial charge in [0.05, 0.1) is 5.56 Å². The topological polar surface area (TPSA) is 82.5 Å². The van der Waals surface area contributed by atoms with Crippen LogP contribution in [0.1, 0.15) is 0 Å². The Bertz CT molecular complexity index is 977. The second-order valence-electron chi connectivity index (χ2n) is 5.06. The van der Waals surface area contributed by atoms with E-state index in [1.54, 1.807) is 12.1 Å². The third-order valence-electron chi connectivity index (χ3n) is 3.26. The summed E-state index contributed by atoms with van der Waals surface area (Å²) >= 11 is 0. The van der Waals surface area contributed by atoms with Crippen LogP contribution in [0.15, 0.2) is 51.7 Å². The summed E-state index contributed by atoms with van der Waals surface area (Å²) in [4.78, 5) is 22.8. The zero-order valence-corrected chi connectivity index (χ0v) is 12.2. The maximum absolute atomic E-state index is 13.3. The number of amides is 1. The maximum Gasteiger partial charge on any atom is 0.344 e. The van der Waals surface area contributed by atoms with Crippen molar-refractivity contribution < 1.29 is 22.7 Å². The zero-order chi connectivity index (χ0) is 17.3. The van der Waals surface area contributed by atoms with Crippen LogP contribution in [0.2, 0.25) is 0 Å². The monoisotopic (exact) mass is 331 g/mol. The summed E-state index contributed by atoms with van der Waals surface area (Å²) in [5.41, 5.74) is 4.56. The number of rotatable bonds is 4. The Kier molecular flexibility index (Phi) is 3.99. The maximum atomic E-state index is 13.3. The van der Waals surface area contributed by atoms with E-state index in [4.69, 9.17) is 14.9 Å². The normalized spacial score (nSPS) is 10.8. The molecule has 0 spiro atoms. The van der Waals surface area contributed by atoms with Gasteiger partial charge in [0.15, 0.2) is 6.61 Å². The first-order chi connectivity index (χ1) is 11.4. The van der Waals surface area contributed by atoms with Crippen molar-refractivity contribution in [2.45, 2.75) is 0 Å². The molecule has 0 atom stereocenters. The highest BCUT2D eigenvalue weighted by Crippen LogP contribution is 2.25. The lowest BCUT2D eigenvalue weighted by Gasteiger charge is -2.06. The van der Waals surface area contributed by atoms with Crippen LogP contribution in [0.3, 0.4) is 0 Å². The molecule has 0 fully saturated rings. The van der Waals surface area contributed by atoms with E-state index in [1.165, 1.54) is 12.1 Å². The Balaban J connectivity index is 2.06. The van der Waals surface area contributed by atoms with Crippen LogP contribution in [0.4, 0.5) is 8.78 Å². The van der Waals surface area contributed by atoms with Crippen molar-refractivity contribution in [3.63, 3.8) is 0 Å². The molecule has 122 valence electrons. The van der Waals surface area contributed by atoms with Gasteiger partial charge >= 0.3 is 5.63 Å². The van der Waals surface area contributed by atoms with Gasteiger partial charge in [-0.15, -0.1) is 0 Å². The smallest absolute Gasteiger partial charge is 0.344 e. The third-order valence-corrected chi connectivity index (χ3v) is 3.26. The average Bonchev–Trinajstić information content (AvgIpc) is 2.51. The van der Waals surface area contributed by atoms with Gasteiger partial charge in [0.1, 0.15) is 23.0 Å². The summed E-state index contributed by atoms with van der Waals surface area (Å²) in [6.07, 6.45) is 0. The van der Waals surface area contributed by atoms with Crippen LogP contribution >= 0.6 is 0 Å². The van der Waals surface area contributed by atoms with E-state index in [-0.39, 0.29) is 23.3 Å². The van der Waals surface area contributed by atoms with Gasteiger partial charge < -0.3 is 14.9 Å². The summed E-state index contributed by atoms with van der Waals surface area (Å²) in [5.74, 6) is -1.92. The molecule has 3 aromatic rings. The molecular weight excluding hydrogens is 320 g/mol. The number of ether oxygens (including phenoxy) is 1. The minimum atomic E-state index is -0.792. The van der Waals surface area contributed by atoms with Gasteiger partial charge in [0.2, 0.25) is 0 Å². The van der Waals surface area contributed by atoms with Gasteiger partial charge in [-0.25, -0.2) is 13.6 Å². The summed E-state index contributed by atoms with van der Waals surface area (Å²) in [6, 6.07) is 8.85. The Morgan fingerprint density at radius 2 is 1.79 bits per heavy atom. The minimum absolute atomic E-state index is 0.0340. The molecule has 1 aromatic heterocycles. The first-order valence-electron chi connectivity index (χ1n) is 6.88. The second-order valence-corrected chi connectivity index (χ2v) is 5.06. The van der Waals surface area contributed by atoms with Gasteiger partial charge in [-0.05, 0) is 35.9 Å². The van der Waals surface area contributed by atoms with Gasteiger partial charge in [0, 0.05) is 17.5 Å². The molecule has 2 N–H and O–H groups in total. The van der Waals surface area contributed by atoms with Crippen LogP contribution in [0.25, 0.3) is 22.1 Å². The molecule has 24 heavy (non-hydrogen) atoms. The molecule has 0 aliphatic rings. The fraction of sp³-hybridized carbons (Fsp3) is 0.0588. The van der Waals surface area contributed by atoms with Crippen molar-refractivity contribution >= 4 is 16.9 Å². The summed E-state index contributed by atoms with van der Waals surface area (Å²) in [7, 11) is 0. The Morgan fingerprint density at radius 1 is 1.08 bits per heavy atom. The molecule has 7 heteroatoms. The lowest BCUT2D eigenvalue weighted by Crippen LogP contribution is -2.19. The minimum Gasteiger partial charge on any atom is -0.484 e. The number of halogens is 2. The number of fused-ring (bicyclic) bond motifs is 1. The van der Waals surface area contributed by atoms with E-state index in [0.29, 0.717) is 17.2 Å². The number of primary amides is 1. The Morgan fingerprint density at radius 3 is 2.46 bits per heavy atom. The largest absolute Gasteiger partial charge is 0.484 e. The standard InChI is InChI=1S/C17H11F2NO4/c18-11-3-10(4-12(19)6-11)14-5-9-1-2-13(23-8-16(20)21)7-15(9)24-17(14)22/h1-7H,8H2,(H2,20,21). The van der Waals surface area contributed by atoms with Crippen LogP contribution < -0.4 is 16.1 Å². The quantitative estimate of drug-likeness (QED) is 0.745. The second kappa shape index (κ2) is 6.11. The molecule has 0 bridgehead atoms. The molecular formula is C17H11F2NO4. The highest BCUT2D eigenvalue weighted by atomic mass is 19.1. The number of benzene rings is 2.